The van der Waals surface area contributed by atoms with Crippen LogP contribution in [0.15, 0.2) is 243 Å². The first-order valence-electron chi connectivity index (χ1n) is 22.5. The quantitative estimate of drug-likeness (QED) is 0.116. The van der Waals surface area contributed by atoms with E-state index in [-0.39, 0.29) is 0 Å². The maximum absolute atomic E-state index is 10.5. The zero-order valence-corrected chi connectivity index (χ0v) is 36.9. The van der Waals surface area contributed by atoms with Crippen molar-refractivity contribution in [1.82, 2.24) is 13.7 Å². The molecule has 0 saturated carbocycles. The summed E-state index contributed by atoms with van der Waals surface area (Å²) in [6.07, 6.45) is 0. The third-order valence-electron chi connectivity index (χ3n) is 13.8. The third-order valence-corrected chi connectivity index (χ3v) is 18.6. The Morgan fingerprint density at radius 2 is 0.712 bits per heavy atom. The summed E-state index contributed by atoms with van der Waals surface area (Å²) in [7, 11) is -2.78. The predicted molar refractivity (Wildman–Crippen MR) is 278 cm³/mol. The first-order chi connectivity index (χ1) is 32.7. The molecule has 0 aliphatic rings. The summed E-state index contributed by atoms with van der Waals surface area (Å²) >= 11 is 0. The fraction of sp³-hybridized carbons (Fsp3) is 0. The zero-order chi connectivity index (χ0) is 43.8. The standard InChI is InChI=1S/C61H40N4Si/c62-41-42-18-16-33-59-61(42)53-36-34-45(64-55-30-13-10-27-50(55)51-28-11-14-31-56(51)64)40-60(53)65(59)44-35-37-58-54(39-44)52-29-12-15-32-57(52)63(58)43-19-17-26-49(38-43)66(46-20-4-1-5-21-46,47-22-6-2-7-23-47)48-24-8-3-9-25-48/h1-40H. The minimum Gasteiger partial charge on any atom is -0.309 e. The van der Waals surface area contributed by atoms with E-state index in [1.54, 1.807) is 0 Å². The fourth-order valence-electron chi connectivity index (χ4n) is 11.1. The average Bonchev–Trinajstić information content (AvgIpc) is 4.03. The van der Waals surface area contributed by atoms with Crippen molar-refractivity contribution in [2.75, 3.05) is 0 Å². The van der Waals surface area contributed by atoms with Crippen molar-refractivity contribution in [2.45, 2.75) is 0 Å². The van der Waals surface area contributed by atoms with Gasteiger partial charge in [-0.05, 0) is 93.5 Å². The molecule has 0 saturated heterocycles. The smallest absolute Gasteiger partial charge is 0.179 e. The molecule has 0 spiro atoms. The Morgan fingerprint density at radius 1 is 0.288 bits per heavy atom. The minimum atomic E-state index is -2.78. The normalized spacial score (nSPS) is 11.9. The van der Waals surface area contributed by atoms with Gasteiger partial charge >= 0.3 is 0 Å². The minimum absolute atomic E-state index is 0.666. The molecule has 10 aromatic carbocycles. The molecule has 3 heterocycles. The second-order valence-electron chi connectivity index (χ2n) is 17.2. The van der Waals surface area contributed by atoms with Crippen LogP contribution in [0.5, 0.6) is 0 Å². The number of nitriles is 1. The van der Waals surface area contributed by atoms with Gasteiger partial charge in [0.05, 0.1) is 44.7 Å². The largest absolute Gasteiger partial charge is 0.309 e. The number of nitrogens with zero attached hydrogens (tertiary/aromatic N) is 4. The van der Waals surface area contributed by atoms with Crippen LogP contribution in [-0.4, -0.2) is 21.8 Å². The van der Waals surface area contributed by atoms with Gasteiger partial charge in [0, 0.05) is 49.4 Å². The van der Waals surface area contributed by atoms with E-state index in [1.165, 1.54) is 36.9 Å². The number of aromatic nitrogens is 3. The molecule has 3 aromatic heterocycles. The molecule has 5 heteroatoms. The molecule has 66 heavy (non-hydrogen) atoms. The van der Waals surface area contributed by atoms with E-state index in [0.29, 0.717) is 5.56 Å². The second-order valence-corrected chi connectivity index (χ2v) is 21.0. The highest BCUT2D eigenvalue weighted by atomic mass is 28.3. The summed E-state index contributed by atoms with van der Waals surface area (Å²) in [5.41, 5.74) is 10.6. The lowest BCUT2D eigenvalue weighted by atomic mass is 10.1. The molecular formula is C61H40N4Si. The molecule has 308 valence electrons. The van der Waals surface area contributed by atoms with E-state index >= 15 is 0 Å². The SMILES string of the molecule is N#Cc1cccc2c1c1ccc(-n3c4ccccc4c4ccccc43)cc1n2-c1ccc2c(c1)c1ccccc1n2-c1cccc([Si](c2ccccc2)(c2ccccc2)c2ccccc2)c1. The van der Waals surface area contributed by atoms with E-state index < -0.39 is 8.07 Å². The number of para-hydroxylation sites is 3. The lowest BCUT2D eigenvalue weighted by Gasteiger charge is -2.34. The summed E-state index contributed by atoms with van der Waals surface area (Å²) < 4.78 is 7.17. The Kier molecular flexibility index (Phi) is 8.57. The Balaban J connectivity index is 1.05. The Morgan fingerprint density at radius 3 is 1.29 bits per heavy atom. The first-order valence-corrected chi connectivity index (χ1v) is 24.5. The Hall–Kier alpha value is -8.69. The van der Waals surface area contributed by atoms with E-state index in [2.05, 4.69) is 250 Å². The summed E-state index contributed by atoms with van der Waals surface area (Å²) in [6.45, 7) is 0. The first kappa shape index (κ1) is 37.8. The molecule has 0 N–H and O–H groups in total. The molecule has 13 aromatic rings. The molecule has 4 nitrogen and oxygen atoms in total. The van der Waals surface area contributed by atoms with Gasteiger partial charge in [-0.15, -0.1) is 0 Å². The highest BCUT2D eigenvalue weighted by Gasteiger charge is 2.41. The summed E-state index contributed by atoms with van der Waals surface area (Å²) in [5, 5.41) is 22.7. The summed E-state index contributed by atoms with van der Waals surface area (Å²) in [5.74, 6) is 0. The number of fused-ring (bicyclic) bond motifs is 9. The molecule has 0 radical (unpaired) electrons. The highest BCUT2D eigenvalue weighted by Crippen LogP contribution is 2.40. The van der Waals surface area contributed by atoms with Crippen LogP contribution in [-0.2, 0) is 0 Å². The van der Waals surface area contributed by atoms with Crippen molar-refractivity contribution in [1.29, 1.82) is 5.26 Å². The average molecular weight is 857 g/mol. The number of hydrogen-bond donors (Lipinski definition) is 0. The topological polar surface area (TPSA) is 38.6 Å². The van der Waals surface area contributed by atoms with Gasteiger partial charge in [0.25, 0.3) is 0 Å². The molecule has 0 unspecified atom stereocenters. The van der Waals surface area contributed by atoms with Gasteiger partial charge in [-0.2, -0.15) is 5.26 Å². The third kappa shape index (κ3) is 5.49. The van der Waals surface area contributed by atoms with Crippen LogP contribution in [0.25, 0.3) is 82.5 Å². The van der Waals surface area contributed by atoms with Gasteiger partial charge in [-0.3, -0.25) is 0 Å². The van der Waals surface area contributed by atoms with Crippen molar-refractivity contribution in [2.24, 2.45) is 0 Å². The van der Waals surface area contributed by atoms with Crippen molar-refractivity contribution >= 4 is 94.2 Å². The maximum atomic E-state index is 10.5. The molecule has 0 aliphatic carbocycles. The van der Waals surface area contributed by atoms with E-state index in [4.69, 9.17) is 0 Å². The lowest BCUT2D eigenvalue weighted by Crippen LogP contribution is -2.74. The monoisotopic (exact) mass is 856 g/mol. The summed E-state index contributed by atoms with van der Waals surface area (Å²) in [4.78, 5) is 0. The lowest BCUT2D eigenvalue weighted by molar-refractivity contribution is 1.15. The number of benzene rings is 10. The van der Waals surface area contributed by atoms with Crippen molar-refractivity contribution in [3.05, 3.63) is 248 Å². The van der Waals surface area contributed by atoms with E-state index in [1.807, 2.05) is 12.1 Å². The zero-order valence-electron chi connectivity index (χ0n) is 35.9. The van der Waals surface area contributed by atoms with E-state index in [0.717, 1.165) is 66.3 Å². The van der Waals surface area contributed by atoms with Crippen LogP contribution in [0.1, 0.15) is 5.56 Å². The van der Waals surface area contributed by atoms with Gasteiger partial charge < -0.3 is 13.7 Å². The number of rotatable bonds is 7. The van der Waals surface area contributed by atoms with Crippen LogP contribution in [0, 0.1) is 11.3 Å². The number of hydrogen-bond acceptors (Lipinski definition) is 1. The van der Waals surface area contributed by atoms with Gasteiger partial charge in [-0.1, -0.05) is 170 Å². The fourth-order valence-corrected chi connectivity index (χ4v) is 15.9. The molecule has 0 bridgehead atoms. The van der Waals surface area contributed by atoms with Crippen LogP contribution >= 0.6 is 0 Å². The van der Waals surface area contributed by atoms with Gasteiger partial charge in [0.2, 0.25) is 0 Å². The predicted octanol–water partition coefficient (Wildman–Crippen LogP) is 12.2. The molecule has 0 fully saturated rings. The second kappa shape index (κ2) is 15.0. The molecule has 0 atom stereocenters. The van der Waals surface area contributed by atoms with Gasteiger partial charge in [-0.25, -0.2) is 0 Å². The van der Waals surface area contributed by atoms with Crippen molar-refractivity contribution in [3.63, 3.8) is 0 Å². The highest BCUT2D eigenvalue weighted by molar-refractivity contribution is 7.19. The van der Waals surface area contributed by atoms with Crippen LogP contribution in [0.3, 0.4) is 0 Å². The van der Waals surface area contributed by atoms with Crippen molar-refractivity contribution in [3.8, 4) is 23.1 Å². The van der Waals surface area contributed by atoms with Crippen LogP contribution in [0.2, 0.25) is 0 Å². The Labute approximate surface area is 382 Å². The summed E-state index contributed by atoms with van der Waals surface area (Å²) in [6, 6.07) is 90.9. The molecule has 13 rings (SSSR count). The molecular weight excluding hydrogens is 817 g/mol. The maximum Gasteiger partial charge on any atom is 0.179 e. The van der Waals surface area contributed by atoms with Crippen LogP contribution in [0.4, 0.5) is 0 Å². The Bertz CT molecular complexity index is 3910. The molecule has 0 aliphatic heterocycles. The van der Waals surface area contributed by atoms with Crippen molar-refractivity contribution < 1.29 is 0 Å². The van der Waals surface area contributed by atoms with Crippen LogP contribution < -0.4 is 20.7 Å². The molecule has 0 amide bonds. The van der Waals surface area contributed by atoms with Gasteiger partial charge in [0.1, 0.15) is 0 Å². The van der Waals surface area contributed by atoms with E-state index in [9.17, 15) is 5.26 Å². The van der Waals surface area contributed by atoms with Gasteiger partial charge in [0.15, 0.2) is 8.07 Å².